The molecule has 0 heterocycles. The van der Waals surface area contributed by atoms with E-state index in [-0.39, 0.29) is 12.6 Å². The highest BCUT2D eigenvalue weighted by Gasteiger charge is 2.15. The van der Waals surface area contributed by atoms with Crippen molar-refractivity contribution < 1.29 is 9.53 Å². The lowest BCUT2D eigenvalue weighted by atomic mass is 10.0. The van der Waals surface area contributed by atoms with E-state index in [0.29, 0.717) is 13.0 Å². The van der Waals surface area contributed by atoms with E-state index in [0.717, 1.165) is 15.6 Å². The van der Waals surface area contributed by atoms with Gasteiger partial charge < -0.3 is 15.8 Å². The van der Waals surface area contributed by atoms with Gasteiger partial charge in [0.1, 0.15) is 6.61 Å². The number of amides is 1. The fraction of sp³-hybridized carbons (Fsp3) is 0.235. The van der Waals surface area contributed by atoms with Gasteiger partial charge in [-0.3, -0.25) is 0 Å². The van der Waals surface area contributed by atoms with Crippen molar-refractivity contribution >= 4 is 22.0 Å². The zero-order valence-corrected chi connectivity index (χ0v) is 13.8. The molecule has 4 nitrogen and oxygen atoms in total. The molecule has 0 bridgehead atoms. The van der Waals surface area contributed by atoms with Crippen LogP contribution in [0.15, 0.2) is 59.1 Å². The minimum absolute atomic E-state index is 0.161. The predicted octanol–water partition coefficient (Wildman–Crippen LogP) is 3.77. The number of rotatable bonds is 6. The third-order valence-electron chi connectivity index (χ3n) is 3.21. The second-order valence-corrected chi connectivity index (χ2v) is 5.81. The van der Waals surface area contributed by atoms with Crippen LogP contribution >= 0.6 is 15.9 Å². The molecule has 0 saturated heterocycles. The first kappa shape index (κ1) is 16.5. The lowest BCUT2D eigenvalue weighted by Crippen LogP contribution is -2.30. The van der Waals surface area contributed by atoms with Crippen LogP contribution in [0.25, 0.3) is 0 Å². The number of carbonyl (C=O) groups excluding carboxylic acids is 1. The molecule has 2 rings (SSSR count). The number of ether oxygens (including phenoxy) is 1. The summed E-state index contributed by atoms with van der Waals surface area (Å²) in [5, 5.41) is 2.87. The van der Waals surface area contributed by atoms with Crippen molar-refractivity contribution in [3.8, 4) is 0 Å². The van der Waals surface area contributed by atoms with E-state index in [1.807, 2.05) is 54.6 Å². The number of nitrogens with two attached hydrogens (primary N) is 1. The molecule has 0 aliphatic rings. The maximum atomic E-state index is 12.0. The smallest absolute Gasteiger partial charge is 0.407 e. The first-order chi connectivity index (χ1) is 10.7. The van der Waals surface area contributed by atoms with Crippen LogP contribution in [0.1, 0.15) is 23.6 Å². The molecular formula is C17H19BrN2O2. The average Bonchev–Trinajstić information content (AvgIpc) is 2.53. The Bertz CT molecular complexity index is 605. The average molecular weight is 363 g/mol. The minimum Gasteiger partial charge on any atom is -0.445 e. The van der Waals surface area contributed by atoms with Gasteiger partial charge in [0.05, 0.1) is 6.04 Å². The van der Waals surface area contributed by atoms with Crippen LogP contribution in [0, 0.1) is 0 Å². The highest BCUT2D eigenvalue weighted by Crippen LogP contribution is 2.20. The molecule has 0 aliphatic heterocycles. The number of halogens is 1. The van der Waals surface area contributed by atoms with Crippen molar-refractivity contribution in [3.63, 3.8) is 0 Å². The van der Waals surface area contributed by atoms with Gasteiger partial charge in [0.25, 0.3) is 0 Å². The van der Waals surface area contributed by atoms with Crippen LogP contribution in [0.4, 0.5) is 4.79 Å². The summed E-state index contributed by atoms with van der Waals surface area (Å²) in [6, 6.07) is 17.2. The lowest BCUT2D eigenvalue weighted by molar-refractivity contribution is 0.135. The maximum Gasteiger partial charge on any atom is 0.407 e. The van der Waals surface area contributed by atoms with Gasteiger partial charge in [0.15, 0.2) is 0 Å². The van der Waals surface area contributed by atoms with Crippen LogP contribution in [-0.4, -0.2) is 12.6 Å². The first-order valence-corrected chi connectivity index (χ1v) is 7.91. The van der Waals surface area contributed by atoms with Crippen molar-refractivity contribution in [2.24, 2.45) is 5.73 Å². The molecule has 0 spiro atoms. The van der Waals surface area contributed by atoms with Gasteiger partial charge in [-0.25, -0.2) is 4.79 Å². The van der Waals surface area contributed by atoms with Gasteiger partial charge in [0, 0.05) is 4.47 Å². The van der Waals surface area contributed by atoms with Gasteiger partial charge in [-0.1, -0.05) is 58.4 Å². The molecule has 0 unspecified atom stereocenters. The lowest BCUT2D eigenvalue weighted by Gasteiger charge is -2.18. The molecule has 5 heteroatoms. The van der Waals surface area contributed by atoms with E-state index in [4.69, 9.17) is 10.5 Å². The number of hydrogen-bond acceptors (Lipinski definition) is 3. The number of nitrogens with one attached hydrogen (secondary N) is 1. The normalized spacial score (nSPS) is 11.7. The van der Waals surface area contributed by atoms with Crippen molar-refractivity contribution in [2.75, 3.05) is 6.54 Å². The van der Waals surface area contributed by atoms with E-state index < -0.39 is 6.09 Å². The molecule has 22 heavy (non-hydrogen) atoms. The van der Waals surface area contributed by atoms with Gasteiger partial charge in [-0.15, -0.1) is 0 Å². The Morgan fingerprint density at radius 3 is 2.64 bits per heavy atom. The molecule has 116 valence electrons. The van der Waals surface area contributed by atoms with E-state index in [1.54, 1.807) is 0 Å². The summed E-state index contributed by atoms with van der Waals surface area (Å²) >= 11 is 3.43. The Kier molecular flexibility index (Phi) is 6.43. The Morgan fingerprint density at radius 1 is 1.18 bits per heavy atom. The van der Waals surface area contributed by atoms with Crippen LogP contribution in [0.5, 0.6) is 0 Å². The fourth-order valence-corrected chi connectivity index (χ4v) is 2.54. The topological polar surface area (TPSA) is 64.3 Å². The number of hydrogen-bond donors (Lipinski definition) is 2. The van der Waals surface area contributed by atoms with E-state index in [2.05, 4.69) is 21.2 Å². The summed E-state index contributed by atoms with van der Waals surface area (Å²) in [6.07, 6.45) is 0.207. The van der Waals surface area contributed by atoms with Crippen LogP contribution in [0.3, 0.4) is 0 Å². The summed E-state index contributed by atoms with van der Waals surface area (Å²) in [7, 11) is 0. The molecule has 0 radical (unpaired) electrons. The van der Waals surface area contributed by atoms with Crippen molar-refractivity contribution in [2.45, 2.75) is 19.1 Å². The fourth-order valence-electron chi connectivity index (χ4n) is 2.12. The SMILES string of the molecule is NCC[C@@H](NC(=O)OCc1ccccc1)c1cccc(Br)c1. The molecule has 0 saturated carbocycles. The Hall–Kier alpha value is -1.85. The third-order valence-corrected chi connectivity index (χ3v) is 3.70. The minimum atomic E-state index is -0.442. The molecule has 1 amide bonds. The molecular weight excluding hydrogens is 344 g/mol. The summed E-state index contributed by atoms with van der Waals surface area (Å²) in [4.78, 5) is 12.0. The Morgan fingerprint density at radius 2 is 1.95 bits per heavy atom. The van der Waals surface area contributed by atoms with E-state index in [1.165, 1.54) is 0 Å². The van der Waals surface area contributed by atoms with Gasteiger partial charge in [-0.05, 0) is 36.2 Å². The van der Waals surface area contributed by atoms with E-state index in [9.17, 15) is 4.79 Å². The van der Waals surface area contributed by atoms with Gasteiger partial charge >= 0.3 is 6.09 Å². The highest BCUT2D eigenvalue weighted by molar-refractivity contribution is 9.10. The standard InChI is InChI=1S/C17H19BrN2O2/c18-15-8-4-7-14(11-15)16(9-10-19)20-17(21)22-12-13-5-2-1-3-6-13/h1-8,11,16H,9-10,12,19H2,(H,20,21)/t16-/m1/s1. The quantitative estimate of drug-likeness (QED) is 0.821. The number of alkyl carbamates (subject to hydrolysis) is 1. The second kappa shape index (κ2) is 8.56. The van der Waals surface area contributed by atoms with Crippen LogP contribution in [-0.2, 0) is 11.3 Å². The van der Waals surface area contributed by atoms with Gasteiger partial charge in [-0.2, -0.15) is 0 Å². The monoisotopic (exact) mass is 362 g/mol. The molecule has 0 aromatic heterocycles. The number of benzene rings is 2. The van der Waals surface area contributed by atoms with Crippen molar-refractivity contribution in [1.82, 2.24) is 5.32 Å². The maximum absolute atomic E-state index is 12.0. The zero-order chi connectivity index (χ0) is 15.8. The van der Waals surface area contributed by atoms with Crippen LogP contribution < -0.4 is 11.1 Å². The largest absolute Gasteiger partial charge is 0.445 e. The molecule has 2 aromatic carbocycles. The van der Waals surface area contributed by atoms with E-state index >= 15 is 0 Å². The summed E-state index contributed by atoms with van der Waals surface area (Å²) < 4.78 is 6.22. The predicted molar refractivity (Wildman–Crippen MR) is 90.3 cm³/mol. The Labute approximate surface area is 138 Å². The molecule has 3 N–H and O–H groups in total. The molecule has 0 fully saturated rings. The highest BCUT2D eigenvalue weighted by atomic mass is 79.9. The third kappa shape index (κ3) is 5.16. The summed E-state index contributed by atoms with van der Waals surface area (Å²) in [6.45, 7) is 0.733. The molecule has 0 aliphatic carbocycles. The number of carbonyl (C=O) groups is 1. The second-order valence-electron chi connectivity index (χ2n) is 4.89. The summed E-state index contributed by atoms with van der Waals surface area (Å²) in [5.41, 5.74) is 7.59. The zero-order valence-electron chi connectivity index (χ0n) is 12.2. The van der Waals surface area contributed by atoms with Gasteiger partial charge in [0.2, 0.25) is 0 Å². The first-order valence-electron chi connectivity index (χ1n) is 7.12. The van der Waals surface area contributed by atoms with Crippen LogP contribution in [0.2, 0.25) is 0 Å². The summed E-state index contributed by atoms with van der Waals surface area (Å²) in [5.74, 6) is 0. The van der Waals surface area contributed by atoms with Crippen molar-refractivity contribution in [1.29, 1.82) is 0 Å². The van der Waals surface area contributed by atoms with Crippen molar-refractivity contribution in [3.05, 3.63) is 70.2 Å². The molecule has 1 atom stereocenters. The molecule has 2 aromatic rings. The Balaban J connectivity index is 1.94.